The summed E-state index contributed by atoms with van der Waals surface area (Å²) in [6.45, 7) is 4.76. The fraction of sp³-hybridized carbons (Fsp3) is 0.500. The van der Waals surface area contributed by atoms with Gasteiger partial charge in [0.15, 0.2) is 0 Å². The van der Waals surface area contributed by atoms with E-state index in [1.54, 1.807) is 19.2 Å². The Morgan fingerprint density at radius 3 is 2.62 bits per heavy atom. The van der Waals surface area contributed by atoms with Gasteiger partial charge < -0.3 is 10.1 Å². The molecule has 1 unspecified atom stereocenters. The summed E-state index contributed by atoms with van der Waals surface area (Å²) >= 11 is 0. The number of primary sulfonamides is 1. The van der Waals surface area contributed by atoms with Crippen LogP contribution in [0.3, 0.4) is 0 Å². The van der Waals surface area contributed by atoms with Crippen LogP contribution in [-0.2, 0) is 21.2 Å². The van der Waals surface area contributed by atoms with Gasteiger partial charge in [-0.3, -0.25) is 4.79 Å². The van der Waals surface area contributed by atoms with Gasteiger partial charge in [0.2, 0.25) is 10.0 Å². The summed E-state index contributed by atoms with van der Waals surface area (Å²) in [4.78, 5) is 12.0. The second-order valence-corrected chi connectivity index (χ2v) is 6.52. The van der Waals surface area contributed by atoms with Crippen molar-refractivity contribution in [2.75, 3.05) is 20.3 Å². The number of carbonyl (C=O) groups excluding carboxylic acids is 1. The number of ether oxygens (including phenoxy) is 1. The van der Waals surface area contributed by atoms with Crippen molar-refractivity contribution in [1.82, 2.24) is 5.32 Å². The molecule has 0 fully saturated rings. The summed E-state index contributed by atoms with van der Waals surface area (Å²) in [5, 5.41) is 7.93. The first kappa shape index (κ1) is 17.6. The Hall–Kier alpha value is -1.44. The second-order valence-electron chi connectivity index (χ2n) is 4.99. The summed E-state index contributed by atoms with van der Waals surface area (Å²) in [5.41, 5.74) is 0.877. The predicted molar refractivity (Wildman–Crippen MR) is 80.6 cm³/mol. The van der Waals surface area contributed by atoms with Gasteiger partial charge in [0.05, 0.1) is 11.5 Å². The van der Waals surface area contributed by atoms with Crippen LogP contribution in [0.1, 0.15) is 29.8 Å². The zero-order chi connectivity index (χ0) is 16.0. The summed E-state index contributed by atoms with van der Waals surface area (Å²) in [7, 11) is -2.24. The van der Waals surface area contributed by atoms with Gasteiger partial charge in [0.1, 0.15) is 0 Å². The van der Waals surface area contributed by atoms with Gasteiger partial charge in [-0.15, -0.1) is 0 Å². The van der Waals surface area contributed by atoms with E-state index in [9.17, 15) is 13.2 Å². The van der Waals surface area contributed by atoms with E-state index in [0.29, 0.717) is 25.1 Å². The summed E-state index contributed by atoms with van der Waals surface area (Å²) in [5.74, 6) is -0.155. The number of aryl methyl sites for hydroxylation is 1. The van der Waals surface area contributed by atoms with Gasteiger partial charge in [-0.1, -0.05) is 19.9 Å². The highest BCUT2D eigenvalue weighted by Crippen LogP contribution is 2.17. The highest BCUT2D eigenvalue weighted by molar-refractivity contribution is 7.89. The van der Waals surface area contributed by atoms with Crippen molar-refractivity contribution in [3.05, 3.63) is 29.3 Å². The van der Waals surface area contributed by atoms with E-state index < -0.39 is 10.0 Å². The molecule has 3 N–H and O–H groups in total. The number of nitrogens with one attached hydrogen (secondary N) is 1. The van der Waals surface area contributed by atoms with Crippen LogP contribution < -0.4 is 10.5 Å². The van der Waals surface area contributed by atoms with Crippen molar-refractivity contribution in [3.8, 4) is 0 Å². The Balaban J connectivity index is 2.91. The van der Waals surface area contributed by atoms with E-state index in [1.807, 2.05) is 13.8 Å². The van der Waals surface area contributed by atoms with Gasteiger partial charge in [-0.2, -0.15) is 0 Å². The van der Waals surface area contributed by atoms with Gasteiger partial charge in [0, 0.05) is 19.2 Å². The first-order valence-electron chi connectivity index (χ1n) is 6.72. The molecule has 0 aliphatic rings. The molecule has 0 aliphatic heterocycles. The van der Waals surface area contributed by atoms with Gasteiger partial charge in [-0.05, 0) is 30.0 Å². The van der Waals surface area contributed by atoms with Crippen molar-refractivity contribution >= 4 is 15.9 Å². The molecule has 1 aromatic carbocycles. The highest BCUT2D eigenvalue weighted by atomic mass is 32.2. The first-order valence-corrected chi connectivity index (χ1v) is 8.27. The molecular weight excluding hydrogens is 292 g/mol. The van der Waals surface area contributed by atoms with Crippen LogP contribution in [0.5, 0.6) is 0 Å². The Bertz CT molecular complexity index is 599. The monoisotopic (exact) mass is 314 g/mol. The van der Waals surface area contributed by atoms with E-state index in [1.165, 1.54) is 6.07 Å². The first-order chi connectivity index (χ1) is 9.79. The molecule has 0 saturated carbocycles. The predicted octanol–water partition coefficient (Wildman–Crippen LogP) is 0.909. The third-order valence-corrected chi connectivity index (χ3v) is 4.07. The van der Waals surface area contributed by atoms with E-state index in [4.69, 9.17) is 9.88 Å². The Morgan fingerprint density at radius 2 is 2.10 bits per heavy atom. The lowest BCUT2D eigenvalue weighted by atomic mass is 10.1. The number of nitrogens with two attached hydrogens (primary N) is 1. The topological polar surface area (TPSA) is 98.5 Å². The molecule has 118 valence electrons. The lowest BCUT2D eigenvalue weighted by Crippen LogP contribution is -2.30. The maximum atomic E-state index is 12.0. The fourth-order valence-corrected chi connectivity index (χ4v) is 2.83. The van der Waals surface area contributed by atoms with Gasteiger partial charge in [-0.25, -0.2) is 13.6 Å². The molecule has 0 aliphatic carbocycles. The molecular formula is C14H22N2O4S. The molecule has 21 heavy (non-hydrogen) atoms. The van der Waals surface area contributed by atoms with E-state index >= 15 is 0 Å². The van der Waals surface area contributed by atoms with Crippen molar-refractivity contribution in [1.29, 1.82) is 0 Å². The quantitative estimate of drug-likeness (QED) is 0.781. The van der Waals surface area contributed by atoms with Crippen molar-refractivity contribution in [3.63, 3.8) is 0 Å². The Morgan fingerprint density at radius 1 is 1.43 bits per heavy atom. The van der Waals surface area contributed by atoms with E-state index in [-0.39, 0.29) is 22.3 Å². The standard InChI is InChI=1S/C14H22N2O4S/c1-4-11-5-6-12(7-13(11)21(15,18)19)14(17)16-8-10(2)9-20-3/h5-7,10H,4,8-9H2,1-3H3,(H,16,17)(H2,15,18,19). The van der Waals surface area contributed by atoms with E-state index in [2.05, 4.69) is 5.32 Å². The number of hydrogen-bond acceptors (Lipinski definition) is 4. The normalized spacial score (nSPS) is 13.0. The maximum absolute atomic E-state index is 12.0. The van der Waals surface area contributed by atoms with Crippen molar-refractivity contribution < 1.29 is 17.9 Å². The SMILES string of the molecule is CCc1ccc(C(=O)NCC(C)COC)cc1S(N)(=O)=O. The number of methoxy groups -OCH3 is 1. The Kier molecular flexibility index (Phi) is 6.32. The lowest BCUT2D eigenvalue weighted by molar-refractivity contribution is 0.0934. The molecule has 0 bridgehead atoms. The molecule has 1 rings (SSSR count). The molecule has 0 aromatic heterocycles. The van der Waals surface area contributed by atoms with Crippen LogP contribution in [0.15, 0.2) is 23.1 Å². The Labute approximate surface area is 125 Å². The summed E-state index contributed by atoms with van der Waals surface area (Å²) < 4.78 is 28.1. The zero-order valence-corrected chi connectivity index (χ0v) is 13.4. The fourth-order valence-electron chi connectivity index (χ4n) is 1.97. The smallest absolute Gasteiger partial charge is 0.251 e. The average molecular weight is 314 g/mol. The molecule has 0 spiro atoms. The molecule has 0 heterocycles. The number of benzene rings is 1. The number of carbonyl (C=O) groups is 1. The molecule has 6 nitrogen and oxygen atoms in total. The third kappa shape index (κ3) is 5.11. The molecule has 1 amide bonds. The molecule has 0 radical (unpaired) electrons. The van der Waals surface area contributed by atoms with Crippen LogP contribution in [-0.4, -0.2) is 34.6 Å². The highest BCUT2D eigenvalue weighted by Gasteiger charge is 2.16. The lowest BCUT2D eigenvalue weighted by Gasteiger charge is -2.12. The van der Waals surface area contributed by atoms with Crippen molar-refractivity contribution in [2.45, 2.75) is 25.2 Å². The zero-order valence-electron chi connectivity index (χ0n) is 12.5. The third-order valence-electron chi connectivity index (χ3n) is 3.08. The maximum Gasteiger partial charge on any atom is 0.251 e. The van der Waals surface area contributed by atoms with Crippen LogP contribution in [0, 0.1) is 5.92 Å². The van der Waals surface area contributed by atoms with Gasteiger partial charge >= 0.3 is 0 Å². The van der Waals surface area contributed by atoms with E-state index in [0.717, 1.165) is 0 Å². The minimum absolute atomic E-state index is 0.00240. The minimum atomic E-state index is -3.84. The summed E-state index contributed by atoms with van der Waals surface area (Å²) in [6, 6.07) is 4.54. The molecule has 7 heteroatoms. The number of hydrogen-bond donors (Lipinski definition) is 2. The largest absolute Gasteiger partial charge is 0.384 e. The van der Waals surface area contributed by atoms with Gasteiger partial charge in [0.25, 0.3) is 5.91 Å². The van der Waals surface area contributed by atoms with Crippen LogP contribution in [0.25, 0.3) is 0 Å². The molecule has 0 saturated heterocycles. The molecule has 1 aromatic rings. The van der Waals surface area contributed by atoms with Crippen molar-refractivity contribution in [2.24, 2.45) is 11.1 Å². The second kappa shape index (κ2) is 7.53. The van der Waals surface area contributed by atoms with Crippen LogP contribution in [0.2, 0.25) is 0 Å². The number of rotatable bonds is 7. The van der Waals surface area contributed by atoms with Crippen LogP contribution >= 0.6 is 0 Å². The summed E-state index contributed by atoms with van der Waals surface area (Å²) in [6.07, 6.45) is 0.526. The average Bonchev–Trinajstić information content (AvgIpc) is 2.43. The van der Waals surface area contributed by atoms with Crippen LogP contribution in [0.4, 0.5) is 0 Å². The molecule has 1 atom stereocenters. The number of sulfonamides is 1. The number of amides is 1. The minimum Gasteiger partial charge on any atom is -0.384 e.